The van der Waals surface area contributed by atoms with E-state index in [1.165, 1.54) is 0 Å². The van der Waals surface area contributed by atoms with Crippen molar-refractivity contribution in [1.29, 1.82) is 0 Å². The van der Waals surface area contributed by atoms with E-state index in [9.17, 15) is 9.59 Å². The number of nitrogens with one attached hydrogen (secondary N) is 1. The molecule has 0 saturated carbocycles. The van der Waals surface area contributed by atoms with Gasteiger partial charge in [-0.25, -0.2) is 0 Å². The molecule has 2 aromatic carbocycles. The van der Waals surface area contributed by atoms with Gasteiger partial charge < -0.3 is 14.8 Å². The molecule has 2 aromatic rings. The minimum absolute atomic E-state index is 0.0232. The Morgan fingerprint density at radius 1 is 1.19 bits per heavy atom. The predicted molar refractivity (Wildman–Crippen MR) is 100 cm³/mol. The maximum Gasteiger partial charge on any atom is 0.227 e. The zero-order valence-electron chi connectivity index (χ0n) is 15.3. The second kappa shape index (κ2) is 7.20. The summed E-state index contributed by atoms with van der Waals surface area (Å²) in [5.74, 6) is 1.16. The van der Waals surface area contributed by atoms with E-state index in [0.717, 1.165) is 11.3 Å². The first-order chi connectivity index (χ1) is 12.3. The second-order valence-electron chi connectivity index (χ2n) is 7.13. The van der Waals surface area contributed by atoms with Gasteiger partial charge in [0, 0.05) is 5.69 Å². The monoisotopic (exact) mass is 353 g/mol. The van der Waals surface area contributed by atoms with Crippen LogP contribution in [0, 0.1) is 6.92 Å². The molecular formula is C21H23NO4. The van der Waals surface area contributed by atoms with Crippen LogP contribution in [0.15, 0.2) is 42.5 Å². The van der Waals surface area contributed by atoms with Crippen LogP contribution in [0.4, 0.5) is 5.69 Å². The van der Waals surface area contributed by atoms with Crippen LogP contribution in [0.5, 0.6) is 11.5 Å². The van der Waals surface area contributed by atoms with E-state index < -0.39 is 5.60 Å². The number of hydrogen-bond acceptors (Lipinski definition) is 4. The quantitative estimate of drug-likeness (QED) is 0.877. The number of carbonyl (C=O) groups is 2. The van der Waals surface area contributed by atoms with Gasteiger partial charge in [0.2, 0.25) is 5.91 Å². The molecular weight excluding hydrogens is 330 g/mol. The van der Waals surface area contributed by atoms with Crippen molar-refractivity contribution in [3.63, 3.8) is 0 Å². The van der Waals surface area contributed by atoms with Gasteiger partial charge in [-0.15, -0.1) is 0 Å². The lowest BCUT2D eigenvalue weighted by Crippen LogP contribution is -2.35. The van der Waals surface area contributed by atoms with Crippen LogP contribution in [0.3, 0.4) is 0 Å². The number of ether oxygens (including phenoxy) is 2. The average Bonchev–Trinajstić information content (AvgIpc) is 2.56. The van der Waals surface area contributed by atoms with E-state index in [-0.39, 0.29) is 24.7 Å². The zero-order chi connectivity index (χ0) is 18.7. The summed E-state index contributed by atoms with van der Waals surface area (Å²) in [5.41, 5.74) is 1.76. The van der Waals surface area contributed by atoms with Gasteiger partial charge in [-0.1, -0.05) is 17.7 Å². The number of Topliss-reactive ketones (excluding diaryl/α,β-unsaturated/α-hetero) is 1. The van der Waals surface area contributed by atoms with Gasteiger partial charge in [0.15, 0.2) is 5.78 Å². The molecule has 5 nitrogen and oxygen atoms in total. The summed E-state index contributed by atoms with van der Waals surface area (Å²) in [5, 5.41) is 2.80. The molecule has 1 heterocycles. The summed E-state index contributed by atoms with van der Waals surface area (Å²) in [6.45, 7) is 6.07. The van der Waals surface area contributed by atoms with Gasteiger partial charge in [-0.2, -0.15) is 0 Å². The van der Waals surface area contributed by atoms with E-state index in [1.807, 2.05) is 45.0 Å². The Bertz CT molecular complexity index is 824. The lowest BCUT2D eigenvalue weighted by atomic mass is 9.93. The van der Waals surface area contributed by atoms with E-state index >= 15 is 0 Å². The van der Waals surface area contributed by atoms with E-state index in [1.54, 1.807) is 18.2 Å². The summed E-state index contributed by atoms with van der Waals surface area (Å²) in [7, 11) is 0. The van der Waals surface area contributed by atoms with Crippen LogP contribution >= 0.6 is 0 Å². The van der Waals surface area contributed by atoms with Gasteiger partial charge in [-0.3, -0.25) is 9.59 Å². The number of rotatable bonds is 5. The van der Waals surface area contributed by atoms with Crippen molar-refractivity contribution < 1.29 is 19.1 Å². The number of benzene rings is 2. The molecule has 1 N–H and O–H groups in total. The second-order valence-corrected chi connectivity index (χ2v) is 7.13. The first-order valence-electron chi connectivity index (χ1n) is 8.68. The maximum absolute atomic E-state index is 12.3. The molecule has 0 unspecified atom stereocenters. The van der Waals surface area contributed by atoms with Gasteiger partial charge in [0.1, 0.15) is 17.1 Å². The fourth-order valence-electron chi connectivity index (χ4n) is 2.85. The third-order valence-corrected chi connectivity index (χ3v) is 4.16. The molecule has 0 spiro atoms. The molecule has 1 amide bonds. The number of fused-ring (bicyclic) bond motifs is 1. The molecule has 1 aliphatic heterocycles. The minimum atomic E-state index is -0.498. The van der Waals surface area contributed by atoms with Crippen molar-refractivity contribution in [2.24, 2.45) is 0 Å². The first kappa shape index (κ1) is 18.0. The fraction of sp³-hybridized carbons (Fsp3) is 0.333. The number of amides is 1. The fourth-order valence-corrected chi connectivity index (χ4v) is 2.85. The van der Waals surface area contributed by atoms with Crippen molar-refractivity contribution in [2.75, 3.05) is 11.9 Å². The number of aryl methyl sites for hydroxylation is 1. The minimum Gasteiger partial charge on any atom is -0.493 e. The Morgan fingerprint density at radius 3 is 2.65 bits per heavy atom. The van der Waals surface area contributed by atoms with E-state index in [4.69, 9.17) is 9.47 Å². The van der Waals surface area contributed by atoms with E-state index in [0.29, 0.717) is 23.4 Å². The Kier molecular flexibility index (Phi) is 4.98. The van der Waals surface area contributed by atoms with Crippen LogP contribution in [-0.4, -0.2) is 23.9 Å². The lowest BCUT2D eigenvalue weighted by molar-refractivity contribution is -0.116. The number of anilines is 1. The molecule has 26 heavy (non-hydrogen) atoms. The van der Waals surface area contributed by atoms with E-state index in [2.05, 4.69) is 5.32 Å². The number of ketones is 1. The van der Waals surface area contributed by atoms with Crippen LogP contribution < -0.4 is 14.8 Å². The van der Waals surface area contributed by atoms with Crippen LogP contribution in [-0.2, 0) is 4.79 Å². The molecule has 0 atom stereocenters. The average molecular weight is 353 g/mol. The van der Waals surface area contributed by atoms with Crippen molar-refractivity contribution in [2.45, 2.75) is 39.2 Å². The largest absolute Gasteiger partial charge is 0.493 e. The summed E-state index contributed by atoms with van der Waals surface area (Å²) >= 11 is 0. The molecule has 1 aliphatic rings. The molecule has 0 aromatic heterocycles. The summed E-state index contributed by atoms with van der Waals surface area (Å²) in [6.07, 6.45) is 0.546. The van der Waals surface area contributed by atoms with Crippen molar-refractivity contribution in [3.05, 3.63) is 53.6 Å². The van der Waals surface area contributed by atoms with Crippen LogP contribution in [0.1, 0.15) is 42.6 Å². The number of carbonyl (C=O) groups excluding carboxylic acids is 2. The van der Waals surface area contributed by atoms with Gasteiger partial charge in [0.05, 0.1) is 25.0 Å². The van der Waals surface area contributed by atoms with Crippen molar-refractivity contribution in [1.82, 2.24) is 0 Å². The molecule has 136 valence electrons. The topological polar surface area (TPSA) is 64.6 Å². The molecule has 3 rings (SSSR count). The Balaban J connectivity index is 1.55. The van der Waals surface area contributed by atoms with Gasteiger partial charge >= 0.3 is 0 Å². The smallest absolute Gasteiger partial charge is 0.227 e. The standard InChI is InChI=1S/C21H23NO4/c1-14-4-7-16(8-5-14)25-11-10-20(24)22-15-6-9-19-17(12-15)18(23)13-21(2,3)26-19/h4-9,12H,10-11,13H2,1-3H3,(H,22,24). The first-order valence-corrected chi connectivity index (χ1v) is 8.68. The molecule has 0 saturated heterocycles. The molecule has 5 heteroatoms. The van der Waals surface area contributed by atoms with Crippen molar-refractivity contribution >= 4 is 17.4 Å². The highest BCUT2D eigenvalue weighted by Gasteiger charge is 2.32. The highest BCUT2D eigenvalue weighted by molar-refractivity contribution is 6.02. The predicted octanol–water partition coefficient (Wildman–Crippen LogP) is 4.15. The highest BCUT2D eigenvalue weighted by atomic mass is 16.5. The Hall–Kier alpha value is -2.82. The van der Waals surface area contributed by atoms with Crippen LogP contribution in [0.2, 0.25) is 0 Å². The molecule has 0 fully saturated rings. The third kappa shape index (κ3) is 4.42. The summed E-state index contributed by atoms with van der Waals surface area (Å²) < 4.78 is 11.4. The Morgan fingerprint density at radius 2 is 1.92 bits per heavy atom. The van der Waals surface area contributed by atoms with Crippen LogP contribution in [0.25, 0.3) is 0 Å². The lowest BCUT2D eigenvalue weighted by Gasteiger charge is -2.31. The molecule has 0 bridgehead atoms. The Labute approximate surface area is 153 Å². The van der Waals surface area contributed by atoms with Gasteiger partial charge in [0.25, 0.3) is 0 Å². The highest BCUT2D eigenvalue weighted by Crippen LogP contribution is 2.34. The SMILES string of the molecule is Cc1ccc(OCCC(=O)Nc2ccc3c(c2)C(=O)CC(C)(C)O3)cc1. The van der Waals surface area contributed by atoms with Gasteiger partial charge in [-0.05, 0) is 51.1 Å². The summed E-state index contributed by atoms with van der Waals surface area (Å²) in [4.78, 5) is 24.4. The summed E-state index contributed by atoms with van der Waals surface area (Å²) in [6, 6.07) is 12.8. The maximum atomic E-state index is 12.3. The normalized spacial score (nSPS) is 15.0. The molecule has 0 aliphatic carbocycles. The zero-order valence-corrected chi connectivity index (χ0v) is 15.3. The molecule has 0 radical (unpaired) electrons. The third-order valence-electron chi connectivity index (χ3n) is 4.16. The number of hydrogen-bond donors (Lipinski definition) is 1. The van der Waals surface area contributed by atoms with Crippen molar-refractivity contribution in [3.8, 4) is 11.5 Å².